The fourth-order valence-electron chi connectivity index (χ4n) is 3.27. The molecular formula is C14H25N3O2. The third kappa shape index (κ3) is 2.78. The molecule has 3 fully saturated rings. The molecule has 2 aliphatic heterocycles. The number of nitrogens with one attached hydrogen (secondary N) is 1. The highest BCUT2D eigenvalue weighted by atomic mass is 16.5. The summed E-state index contributed by atoms with van der Waals surface area (Å²) in [6, 6.07) is 0.609. The molecule has 0 bridgehead atoms. The molecule has 5 nitrogen and oxygen atoms in total. The molecule has 0 aromatic heterocycles. The summed E-state index contributed by atoms with van der Waals surface area (Å²) in [6.45, 7) is 5.35. The molecule has 1 amide bonds. The van der Waals surface area contributed by atoms with Crippen LogP contribution in [0.15, 0.2) is 0 Å². The Morgan fingerprint density at radius 3 is 3.00 bits per heavy atom. The molecule has 3 unspecified atom stereocenters. The lowest BCUT2D eigenvalue weighted by Gasteiger charge is -2.35. The van der Waals surface area contributed by atoms with Crippen LogP contribution in [0.25, 0.3) is 0 Å². The van der Waals surface area contributed by atoms with Gasteiger partial charge in [-0.2, -0.15) is 0 Å². The van der Waals surface area contributed by atoms with Gasteiger partial charge in [0, 0.05) is 19.1 Å². The summed E-state index contributed by atoms with van der Waals surface area (Å²) in [5.41, 5.74) is 5.40. The number of hydrogen-bond donors (Lipinski definition) is 2. The number of carbonyl (C=O) groups excluding carboxylic acids is 1. The first-order chi connectivity index (χ1) is 9.07. The Hall–Kier alpha value is -0.650. The molecule has 5 heteroatoms. The lowest BCUT2D eigenvalue weighted by molar-refractivity contribution is -0.128. The number of amides is 1. The van der Waals surface area contributed by atoms with Crippen molar-refractivity contribution in [1.29, 1.82) is 0 Å². The van der Waals surface area contributed by atoms with E-state index in [4.69, 9.17) is 10.5 Å². The number of rotatable bonds is 4. The number of nitrogens with zero attached hydrogens (tertiary/aromatic N) is 1. The predicted molar refractivity (Wildman–Crippen MR) is 72.7 cm³/mol. The molecule has 2 heterocycles. The summed E-state index contributed by atoms with van der Waals surface area (Å²) in [7, 11) is 0. The summed E-state index contributed by atoms with van der Waals surface area (Å²) < 4.78 is 5.83. The topological polar surface area (TPSA) is 67.6 Å². The van der Waals surface area contributed by atoms with Crippen LogP contribution < -0.4 is 11.1 Å². The number of hydrogen-bond acceptors (Lipinski definition) is 4. The lowest BCUT2D eigenvalue weighted by atomic mass is 9.96. The summed E-state index contributed by atoms with van der Waals surface area (Å²) in [5, 5.41) is 2.98. The second-order valence-electron chi connectivity index (χ2n) is 6.51. The smallest absolute Gasteiger partial charge is 0.240 e. The highest BCUT2D eigenvalue weighted by Crippen LogP contribution is 2.38. The van der Waals surface area contributed by atoms with Gasteiger partial charge in [-0.1, -0.05) is 0 Å². The van der Waals surface area contributed by atoms with Gasteiger partial charge >= 0.3 is 0 Å². The molecule has 0 radical (unpaired) electrons. The Kier molecular flexibility index (Phi) is 3.53. The number of fused-ring (bicyclic) bond motifs is 1. The Balaban J connectivity index is 1.46. The van der Waals surface area contributed by atoms with Crippen LogP contribution in [0.4, 0.5) is 0 Å². The maximum absolute atomic E-state index is 12.1. The van der Waals surface area contributed by atoms with Crippen LogP contribution in [0, 0.1) is 5.92 Å². The molecule has 3 atom stereocenters. The third-order valence-corrected chi connectivity index (χ3v) is 4.87. The van der Waals surface area contributed by atoms with Crippen LogP contribution in [0.5, 0.6) is 0 Å². The van der Waals surface area contributed by atoms with Gasteiger partial charge in [-0.05, 0) is 45.1 Å². The zero-order valence-electron chi connectivity index (χ0n) is 11.7. The minimum atomic E-state index is -0.704. The van der Waals surface area contributed by atoms with Crippen molar-refractivity contribution in [1.82, 2.24) is 10.2 Å². The monoisotopic (exact) mass is 267 g/mol. The average Bonchev–Trinajstić information content (AvgIpc) is 3.15. The molecular weight excluding hydrogens is 242 g/mol. The first-order valence-electron chi connectivity index (χ1n) is 7.50. The molecule has 1 aliphatic carbocycles. The van der Waals surface area contributed by atoms with Crippen molar-refractivity contribution in [2.45, 2.75) is 50.3 Å². The van der Waals surface area contributed by atoms with Crippen LogP contribution in [0.2, 0.25) is 0 Å². The van der Waals surface area contributed by atoms with E-state index in [9.17, 15) is 4.79 Å². The van der Waals surface area contributed by atoms with E-state index < -0.39 is 5.54 Å². The first-order valence-corrected chi connectivity index (χ1v) is 7.50. The minimum Gasteiger partial charge on any atom is -0.373 e. The standard InChI is InChI=1S/C14H25N3O2/c1-14(15,10-4-5-10)13(18)16-7-12-8-17-6-2-3-11(17)9-19-12/h10-12H,2-9,15H2,1H3,(H,16,18). The van der Waals surface area contributed by atoms with Crippen molar-refractivity contribution < 1.29 is 9.53 Å². The molecule has 0 spiro atoms. The zero-order chi connectivity index (χ0) is 13.5. The average molecular weight is 267 g/mol. The molecule has 1 saturated carbocycles. The van der Waals surface area contributed by atoms with Crippen molar-refractivity contribution >= 4 is 5.91 Å². The van der Waals surface area contributed by atoms with Crippen LogP contribution in [-0.4, -0.2) is 54.7 Å². The maximum atomic E-state index is 12.1. The van der Waals surface area contributed by atoms with Gasteiger partial charge in [0.1, 0.15) is 0 Å². The van der Waals surface area contributed by atoms with E-state index in [1.165, 1.54) is 19.4 Å². The molecule has 0 aromatic rings. The van der Waals surface area contributed by atoms with Gasteiger partial charge in [0.15, 0.2) is 0 Å². The summed E-state index contributed by atoms with van der Waals surface area (Å²) >= 11 is 0. The van der Waals surface area contributed by atoms with Crippen LogP contribution in [-0.2, 0) is 9.53 Å². The number of carbonyl (C=O) groups is 1. The maximum Gasteiger partial charge on any atom is 0.240 e. The van der Waals surface area contributed by atoms with Crippen LogP contribution in [0.1, 0.15) is 32.6 Å². The van der Waals surface area contributed by atoms with Crippen molar-refractivity contribution in [2.75, 3.05) is 26.2 Å². The van der Waals surface area contributed by atoms with Crippen molar-refractivity contribution in [3.05, 3.63) is 0 Å². The first kappa shape index (κ1) is 13.3. The largest absolute Gasteiger partial charge is 0.373 e. The van der Waals surface area contributed by atoms with Crippen molar-refractivity contribution in [2.24, 2.45) is 11.7 Å². The van der Waals surface area contributed by atoms with E-state index in [-0.39, 0.29) is 12.0 Å². The normalized spacial score (nSPS) is 34.6. The zero-order valence-corrected chi connectivity index (χ0v) is 11.7. The molecule has 3 rings (SSSR count). The van der Waals surface area contributed by atoms with Gasteiger partial charge in [-0.15, -0.1) is 0 Å². The molecule has 0 aromatic carbocycles. The molecule has 3 aliphatic rings. The van der Waals surface area contributed by atoms with Crippen LogP contribution >= 0.6 is 0 Å². The quantitative estimate of drug-likeness (QED) is 0.758. The summed E-state index contributed by atoms with van der Waals surface area (Å²) in [4.78, 5) is 14.6. The molecule has 108 valence electrons. The molecule has 2 saturated heterocycles. The summed E-state index contributed by atoms with van der Waals surface area (Å²) in [6.07, 6.45) is 4.80. The second-order valence-corrected chi connectivity index (χ2v) is 6.51. The fraction of sp³-hybridized carbons (Fsp3) is 0.929. The van der Waals surface area contributed by atoms with E-state index in [1.54, 1.807) is 0 Å². The van der Waals surface area contributed by atoms with Gasteiger partial charge in [0.2, 0.25) is 5.91 Å². The Labute approximate surface area is 114 Å². The minimum absolute atomic E-state index is 0.0258. The molecule has 19 heavy (non-hydrogen) atoms. The fourth-order valence-corrected chi connectivity index (χ4v) is 3.27. The van der Waals surface area contributed by atoms with Crippen molar-refractivity contribution in [3.63, 3.8) is 0 Å². The van der Waals surface area contributed by atoms with E-state index in [0.717, 1.165) is 26.0 Å². The van der Waals surface area contributed by atoms with E-state index >= 15 is 0 Å². The highest BCUT2D eigenvalue weighted by Gasteiger charge is 2.44. The van der Waals surface area contributed by atoms with Gasteiger partial charge in [-0.25, -0.2) is 0 Å². The summed E-state index contributed by atoms with van der Waals surface area (Å²) in [5.74, 6) is 0.338. The number of ether oxygens (including phenoxy) is 1. The van der Waals surface area contributed by atoms with E-state index in [2.05, 4.69) is 10.2 Å². The van der Waals surface area contributed by atoms with Gasteiger partial charge < -0.3 is 15.8 Å². The Morgan fingerprint density at radius 1 is 1.47 bits per heavy atom. The van der Waals surface area contributed by atoms with E-state index in [1.807, 2.05) is 6.92 Å². The van der Waals surface area contributed by atoms with Gasteiger partial charge in [-0.3, -0.25) is 9.69 Å². The predicted octanol–water partition coefficient (Wildman–Crippen LogP) is 0.0932. The number of morpholine rings is 1. The third-order valence-electron chi connectivity index (χ3n) is 4.87. The molecule has 3 N–H and O–H groups in total. The highest BCUT2D eigenvalue weighted by molar-refractivity contribution is 5.86. The Morgan fingerprint density at radius 2 is 2.26 bits per heavy atom. The van der Waals surface area contributed by atoms with Gasteiger partial charge in [0.05, 0.1) is 18.2 Å². The second kappa shape index (κ2) is 5.04. The lowest BCUT2D eigenvalue weighted by Crippen LogP contribution is -2.56. The van der Waals surface area contributed by atoms with Crippen LogP contribution in [0.3, 0.4) is 0 Å². The number of nitrogens with two attached hydrogens (primary N) is 1. The van der Waals surface area contributed by atoms with E-state index in [0.29, 0.717) is 18.5 Å². The van der Waals surface area contributed by atoms with Crippen molar-refractivity contribution in [3.8, 4) is 0 Å². The van der Waals surface area contributed by atoms with Gasteiger partial charge in [0.25, 0.3) is 0 Å². The Bertz CT molecular complexity index is 355. The SMILES string of the molecule is CC(N)(C(=O)NCC1CN2CCCC2CO1)C1CC1.